The summed E-state index contributed by atoms with van der Waals surface area (Å²) < 4.78 is 14.6. The van der Waals surface area contributed by atoms with E-state index in [9.17, 15) is 4.39 Å². The van der Waals surface area contributed by atoms with Crippen molar-refractivity contribution in [3.8, 4) is 0 Å². The SMILES string of the molecule is CCNCc1ccnc(N(C)C2CCC(CC)CC2)c1F. The van der Waals surface area contributed by atoms with Crippen LogP contribution >= 0.6 is 0 Å². The van der Waals surface area contributed by atoms with Crippen LogP contribution in [0.1, 0.15) is 51.5 Å². The zero-order valence-corrected chi connectivity index (χ0v) is 13.5. The van der Waals surface area contributed by atoms with Crippen molar-refractivity contribution in [2.45, 2.75) is 58.5 Å². The van der Waals surface area contributed by atoms with Crippen LogP contribution in [0.25, 0.3) is 0 Å². The highest BCUT2D eigenvalue weighted by Crippen LogP contribution is 2.31. The molecule has 1 fully saturated rings. The fraction of sp³-hybridized carbons (Fsp3) is 0.706. The number of nitrogens with zero attached hydrogens (tertiary/aromatic N) is 2. The third-order valence-corrected chi connectivity index (χ3v) is 4.79. The Morgan fingerprint density at radius 1 is 1.29 bits per heavy atom. The fourth-order valence-corrected chi connectivity index (χ4v) is 3.23. The van der Waals surface area contributed by atoms with Gasteiger partial charge in [0, 0.05) is 31.4 Å². The summed E-state index contributed by atoms with van der Waals surface area (Å²) in [5.74, 6) is 1.19. The molecular formula is C17H28FN3. The van der Waals surface area contributed by atoms with E-state index >= 15 is 0 Å². The van der Waals surface area contributed by atoms with Crippen LogP contribution in [0.3, 0.4) is 0 Å². The summed E-state index contributed by atoms with van der Waals surface area (Å²) in [6.45, 7) is 5.70. The molecule has 1 saturated carbocycles. The van der Waals surface area contributed by atoms with E-state index in [1.54, 1.807) is 12.3 Å². The zero-order valence-electron chi connectivity index (χ0n) is 13.5. The second-order valence-electron chi connectivity index (χ2n) is 6.08. The van der Waals surface area contributed by atoms with Crippen molar-refractivity contribution in [3.63, 3.8) is 0 Å². The summed E-state index contributed by atoms with van der Waals surface area (Å²) in [6.07, 6.45) is 7.79. The zero-order chi connectivity index (χ0) is 15.2. The van der Waals surface area contributed by atoms with E-state index in [-0.39, 0.29) is 5.82 Å². The first kappa shape index (κ1) is 16.2. The quantitative estimate of drug-likeness (QED) is 0.866. The van der Waals surface area contributed by atoms with Crippen molar-refractivity contribution < 1.29 is 4.39 Å². The molecule has 118 valence electrons. The summed E-state index contributed by atoms with van der Waals surface area (Å²) in [6, 6.07) is 2.19. The molecule has 2 rings (SSSR count). The average molecular weight is 293 g/mol. The molecule has 21 heavy (non-hydrogen) atoms. The van der Waals surface area contributed by atoms with Gasteiger partial charge in [-0.1, -0.05) is 20.3 Å². The van der Waals surface area contributed by atoms with E-state index in [0.29, 0.717) is 24.0 Å². The van der Waals surface area contributed by atoms with Gasteiger partial charge in [-0.3, -0.25) is 0 Å². The molecule has 1 aromatic rings. The lowest BCUT2D eigenvalue weighted by Gasteiger charge is -2.35. The number of hydrogen-bond acceptors (Lipinski definition) is 3. The molecule has 0 spiro atoms. The predicted octanol–water partition coefficient (Wildman–Crippen LogP) is 3.74. The van der Waals surface area contributed by atoms with Crippen molar-refractivity contribution in [1.82, 2.24) is 10.3 Å². The van der Waals surface area contributed by atoms with Crippen LogP contribution in [0.2, 0.25) is 0 Å². The topological polar surface area (TPSA) is 28.2 Å². The smallest absolute Gasteiger partial charge is 0.170 e. The van der Waals surface area contributed by atoms with E-state index in [0.717, 1.165) is 25.3 Å². The molecule has 1 aromatic heterocycles. The third kappa shape index (κ3) is 3.94. The van der Waals surface area contributed by atoms with Crippen LogP contribution in [0, 0.1) is 11.7 Å². The van der Waals surface area contributed by atoms with Gasteiger partial charge in [-0.2, -0.15) is 0 Å². The first-order valence-electron chi connectivity index (χ1n) is 8.24. The van der Waals surface area contributed by atoms with Crippen LogP contribution in [0.15, 0.2) is 12.3 Å². The number of aromatic nitrogens is 1. The Morgan fingerprint density at radius 3 is 2.62 bits per heavy atom. The number of pyridine rings is 1. The molecule has 1 aliphatic rings. The first-order valence-corrected chi connectivity index (χ1v) is 8.24. The molecule has 3 nitrogen and oxygen atoms in total. The summed E-state index contributed by atoms with van der Waals surface area (Å²) >= 11 is 0. The Hall–Kier alpha value is -1.16. The predicted molar refractivity (Wildman–Crippen MR) is 86.0 cm³/mol. The van der Waals surface area contributed by atoms with Crippen LogP contribution in [0.4, 0.5) is 10.2 Å². The van der Waals surface area contributed by atoms with E-state index in [2.05, 4.69) is 22.1 Å². The molecule has 1 aliphatic carbocycles. The van der Waals surface area contributed by atoms with Crippen molar-refractivity contribution in [2.75, 3.05) is 18.5 Å². The highest BCUT2D eigenvalue weighted by Gasteiger charge is 2.25. The molecule has 0 atom stereocenters. The Morgan fingerprint density at radius 2 is 2.00 bits per heavy atom. The van der Waals surface area contributed by atoms with Gasteiger partial charge in [0.25, 0.3) is 0 Å². The van der Waals surface area contributed by atoms with E-state index in [1.165, 1.54) is 19.3 Å². The Kier molecular flexibility index (Phi) is 5.97. The van der Waals surface area contributed by atoms with Gasteiger partial charge in [0.1, 0.15) is 0 Å². The highest BCUT2D eigenvalue weighted by atomic mass is 19.1. The second kappa shape index (κ2) is 7.74. The van der Waals surface area contributed by atoms with Gasteiger partial charge in [0.05, 0.1) is 0 Å². The van der Waals surface area contributed by atoms with E-state index in [4.69, 9.17) is 0 Å². The Bertz CT molecular complexity index is 442. The fourth-order valence-electron chi connectivity index (χ4n) is 3.23. The van der Waals surface area contributed by atoms with Gasteiger partial charge in [-0.05, 0) is 44.2 Å². The minimum absolute atomic E-state index is 0.168. The van der Waals surface area contributed by atoms with Crippen molar-refractivity contribution in [2.24, 2.45) is 5.92 Å². The van der Waals surface area contributed by atoms with E-state index in [1.807, 2.05) is 14.0 Å². The minimum atomic E-state index is -0.168. The molecule has 0 amide bonds. The Balaban J connectivity index is 2.07. The molecule has 1 heterocycles. The standard InChI is InChI=1S/C17H28FN3/c1-4-13-6-8-15(9-7-13)21(3)17-16(18)14(10-11-20-17)12-19-5-2/h10-11,13,15,19H,4-9,12H2,1-3H3. The van der Waals surface area contributed by atoms with Gasteiger partial charge in [-0.25, -0.2) is 9.37 Å². The summed E-state index contributed by atoms with van der Waals surface area (Å²) in [7, 11) is 1.99. The highest BCUT2D eigenvalue weighted by molar-refractivity contribution is 5.43. The second-order valence-corrected chi connectivity index (χ2v) is 6.08. The maximum Gasteiger partial charge on any atom is 0.170 e. The molecule has 0 bridgehead atoms. The third-order valence-electron chi connectivity index (χ3n) is 4.79. The Labute approximate surface area is 127 Å². The average Bonchev–Trinajstić information content (AvgIpc) is 2.53. The van der Waals surface area contributed by atoms with Crippen LogP contribution in [0.5, 0.6) is 0 Å². The molecule has 0 saturated heterocycles. The van der Waals surface area contributed by atoms with Crippen molar-refractivity contribution in [1.29, 1.82) is 0 Å². The van der Waals surface area contributed by atoms with Crippen LogP contribution in [-0.2, 0) is 6.54 Å². The summed E-state index contributed by atoms with van der Waals surface area (Å²) in [4.78, 5) is 6.34. The number of halogens is 1. The lowest BCUT2D eigenvalue weighted by molar-refractivity contribution is 0.311. The van der Waals surface area contributed by atoms with Crippen molar-refractivity contribution >= 4 is 5.82 Å². The summed E-state index contributed by atoms with van der Waals surface area (Å²) in [5, 5.41) is 3.18. The van der Waals surface area contributed by atoms with Gasteiger partial charge >= 0.3 is 0 Å². The maximum absolute atomic E-state index is 14.6. The number of anilines is 1. The van der Waals surface area contributed by atoms with Gasteiger partial charge in [0.15, 0.2) is 11.6 Å². The first-order chi connectivity index (χ1) is 10.2. The molecule has 0 aromatic carbocycles. The van der Waals surface area contributed by atoms with Gasteiger partial charge < -0.3 is 10.2 Å². The van der Waals surface area contributed by atoms with E-state index < -0.39 is 0 Å². The monoisotopic (exact) mass is 293 g/mol. The molecular weight excluding hydrogens is 265 g/mol. The molecule has 4 heteroatoms. The lowest BCUT2D eigenvalue weighted by atomic mass is 9.84. The molecule has 0 aliphatic heterocycles. The minimum Gasteiger partial charge on any atom is -0.354 e. The molecule has 1 N–H and O–H groups in total. The van der Waals surface area contributed by atoms with Crippen molar-refractivity contribution in [3.05, 3.63) is 23.6 Å². The van der Waals surface area contributed by atoms with Crippen LogP contribution < -0.4 is 10.2 Å². The van der Waals surface area contributed by atoms with Crippen LogP contribution in [-0.4, -0.2) is 24.6 Å². The summed E-state index contributed by atoms with van der Waals surface area (Å²) in [5.41, 5.74) is 0.705. The number of nitrogens with one attached hydrogen (secondary N) is 1. The number of hydrogen-bond donors (Lipinski definition) is 1. The van der Waals surface area contributed by atoms with Gasteiger partial charge in [-0.15, -0.1) is 0 Å². The lowest BCUT2D eigenvalue weighted by Crippen LogP contribution is -2.36. The number of rotatable bonds is 6. The molecule has 0 radical (unpaired) electrons. The largest absolute Gasteiger partial charge is 0.354 e. The molecule has 0 unspecified atom stereocenters. The normalized spacial score (nSPS) is 22.3. The van der Waals surface area contributed by atoms with Gasteiger partial charge in [0.2, 0.25) is 0 Å². The maximum atomic E-state index is 14.6.